The van der Waals surface area contributed by atoms with Crippen LogP contribution in [0.15, 0.2) is 36.5 Å². The summed E-state index contributed by atoms with van der Waals surface area (Å²) in [6, 6.07) is 8.50. The molecule has 1 amide bonds. The lowest BCUT2D eigenvalue weighted by Gasteiger charge is -2.12. The molecule has 25 heavy (non-hydrogen) atoms. The largest absolute Gasteiger partial charge is 0.462 e. The van der Waals surface area contributed by atoms with Crippen molar-refractivity contribution in [2.45, 2.75) is 33.2 Å². The second-order valence-electron chi connectivity index (χ2n) is 5.44. The summed E-state index contributed by atoms with van der Waals surface area (Å²) in [4.78, 5) is 32.5. The highest BCUT2D eigenvalue weighted by atomic mass is 16.5. The number of nitrogens with one attached hydrogen (secondary N) is 2. The molecule has 0 aliphatic heterocycles. The molecule has 1 unspecified atom stereocenters. The molecule has 2 N–H and O–H groups in total. The van der Waals surface area contributed by atoms with E-state index in [1.54, 1.807) is 37.3 Å². The first-order chi connectivity index (χ1) is 12.0. The number of rotatable bonds is 7. The van der Waals surface area contributed by atoms with Gasteiger partial charge in [0.1, 0.15) is 5.69 Å². The van der Waals surface area contributed by atoms with E-state index in [1.165, 1.54) is 6.20 Å². The smallest absolute Gasteiger partial charge is 0.340 e. The van der Waals surface area contributed by atoms with E-state index in [-0.39, 0.29) is 30.2 Å². The summed E-state index contributed by atoms with van der Waals surface area (Å²) in [5.74, 6) is -0.469. The Morgan fingerprint density at radius 2 is 1.96 bits per heavy atom. The average molecular weight is 342 g/mol. The van der Waals surface area contributed by atoms with Crippen molar-refractivity contribution in [3.63, 3.8) is 0 Å². The molecule has 2 aromatic rings. The van der Waals surface area contributed by atoms with Crippen molar-refractivity contribution >= 4 is 23.5 Å². The third-order valence-electron chi connectivity index (χ3n) is 3.55. The Hall–Kier alpha value is -2.96. The van der Waals surface area contributed by atoms with Gasteiger partial charge in [-0.15, -0.1) is 0 Å². The van der Waals surface area contributed by atoms with Crippen LogP contribution in [0, 0.1) is 0 Å². The minimum Gasteiger partial charge on any atom is -0.462 e. The molecule has 0 radical (unpaired) electrons. The quantitative estimate of drug-likeness (QED) is 0.752. The van der Waals surface area contributed by atoms with Crippen LogP contribution in [-0.2, 0) is 4.74 Å². The van der Waals surface area contributed by atoms with Crippen LogP contribution in [0.4, 0.5) is 11.6 Å². The van der Waals surface area contributed by atoms with Crippen LogP contribution >= 0.6 is 0 Å². The summed E-state index contributed by atoms with van der Waals surface area (Å²) >= 11 is 0. The molecular formula is C18H22N4O3. The highest BCUT2D eigenvalue weighted by Gasteiger charge is 2.14. The van der Waals surface area contributed by atoms with E-state index < -0.39 is 5.97 Å². The van der Waals surface area contributed by atoms with Crippen molar-refractivity contribution in [3.05, 3.63) is 47.8 Å². The van der Waals surface area contributed by atoms with E-state index in [0.29, 0.717) is 11.3 Å². The van der Waals surface area contributed by atoms with Gasteiger partial charge in [-0.2, -0.15) is 0 Å². The third kappa shape index (κ3) is 5.00. The van der Waals surface area contributed by atoms with Gasteiger partial charge in [-0.3, -0.25) is 4.79 Å². The van der Waals surface area contributed by atoms with Gasteiger partial charge in [0.15, 0.2) is 0 Å². The van der Waals surface area contributed by atoms with E-state index in [4.69, 9.17) is 4.74 Å². The summed E-state index contributed by atoms with van der Waals surface area (Å²) in [5, 5.41) is 5.82. The van der Waals surface area contributed by atoms with Crippen LogP contribution in [0.25, 0.3) is 0 Å². The molecule has 1 heterocycles. The molecule has 1 aromatic carbocycles. The Bertz CT molecular complexity index is 749. The average Bonchev–Trinajstić information content (AvgIpc) is 2.62. The monoisotopic (exact) mass is 342 g/mol. The van der Waals surface area contributed by atoms with Gasteiger partial charge in [-0.1, -0.05) is 19.1 Å². The van der Waals surface area contributed by atoms with Gasteiger partial charge < -0.3 is 15.4 Å². The molecule has 2 rings (SSSR count). The first-order valence-electron chi connectivity index (χ1n) is 8.22. The van der Waals surface area contributed by atoms with Crippen molar-refractivity contribution in [1.82, 2.24) is 15.3 Å². The molecule has 0 aliphatic carbocycles. The molecule has 0 saturated carbocycles. The van der Waals surface area contributed by atoms with Crippen LogP contribution in [0.1, 0.15) is 48.0 Å². The molecule has 0 bridgehead atoms. The molecule has 132 valence electrons. The van der Waals surface area contributed by atoms with E-state index in [2.05, 4.69) is 20.6 Å². The number of ether oxygens (including phenoxy) is 1. The number of esters is 1. The second-order valence-corrected chi connectivity index (χ2v) is 5.44. The predicted octanol–water partition coefficient (Wildman–Crippen LogP) is 2.93. The van der Waals surface area contributed by atoms with Crippen molar-refractivity contribution in [3.8, 4) is 0 Å². The first-order valence-corrected chi connectivity index (χ1v) is 8.22. The van der Waals surface area contributed by atoms with Gasteiger partial charge in [0, 0.05) is 12.2 Å². The van der Waals surface area contributed by atoms with E-state index in [0.717, 1.165) is 6.42 Å². The number of carbonyl (C=O) groups excluding carboxylic acids is 2. The molecular weight excluding hydrogens is 320 g/mol. The van der Waals surface area contributed by atoms with Crippen LogP contribution < -0.4 is 10.6 Å². The van der Waals surface area contributed by atoms with Gasteiger partial charge in [0.05, 0.1) is 17.9 Å². The molecule has 7 nitrogen and oxygen atoms in total. The van der Waals surface area contributed by atoms with Gasteiger partial charge in [0.2, 0.25) is 5.95 Å². The summed E-state index contributed by atoms with van der Waals surface area (Å²) in [7, 11) is 0. The van der Waals surface area contributed by atoms with E-state index >= 15 is 0 Å². The molecule has 0 aliphatic rings. The summed E-state index contributed by atoms with van der Waals surface area (Å²) in [5.41, 5.74) is 1.15. The molecule has 0 saturated heterocycles. The zero-order valence-electron chi connectivity index (χ0n) is 14.6. The Balaban J connectivity index is 2.20. The van der Waals surface area contributed by atoms with Crippen molar-refractivity contribution in [2.24, 2.45) is 0 Å². The first kappa shape index (κ1) is 18.4. The van der Waals surface area contributed by atoms with Gasteiger partial charge >= 0.3 is 5.97 Å². The molecule has 0 spiro atoms. The Morgan fingerprint density at radius 3 is 2.68 bits per heavy atom. The fourth-order valence-corrected chi connectivity index (χ4v) is 2.04. The minimum absolute atomic E-state index is 0.0587. The number of benzene rings is 1. The number of nitrogens with zero attached hydrogens (tertiary/aromatic N) is 2. The summed E-state index contributed by atoms with van der Waals surface area (Å²) < 4.78 is 5.04. The number of anilines is 2. The molecule has 1 aromatic heterocycles. The third-order valence-corrected chi connectivity index (χ3v) is 3.55. The van der Waals surface area contributed by atoms with Crippen LogP contribution in [0.3, 0.4) is 0 Å². The Labute approximate surface area is 146 Å². The van der Waals surface area contributed by atoms with Crippen LogP contribution in [0.2, 0.25) is 0 Å². The van der Waals surface area contributed by atoms with Crippen LogP contribution in [0.5, 0.6) is 0 Å². The molecule has 0 fully saturated rings. The van der Waals surface area contributed by atoms with Crippen LogP contribution in [-0.4, -0.2) is 34.5 Å². The van der Waals surface area contributed by atoms with E-state index in [1.807, 2.05) is 13.8 Å². The maximum atomic E-state index is 12.2. The summed E-state index contributed by atoms with van der Waals surface area (Å²) in [6.07, 6.45) is 2.32. The number of para-hydroxylation sites is 1. The van der Waals surface area contributed by atoms with Gasteiger partial charge in [-0.25, -0.2) is 14.8 Å². The maximum absolute atomic E-state index is 12.2. The molecule has 1 atom stereocenters. The molecule has 7 heteroatoms. The van der Waals surface area contributed by atoms with Gasteiger partial charge in [-0.05, 0) is 38.5 Å². The number of aromatic nitrogens is 2. The van der Waals surface area contributed by atoms with Gasteiger partial charge in [0.25, 0.3) is 5.91 Å². The van der Waals surface area contributed by atoms with Crippen molar-refractivity contribution in [2.75, 3.05) is 11.9 Å². The lowest BCUT2D eigenvalue weighted by Crippen LogP contribution is -2.32. The fourth-order valence-electron chi connectivity index (χ4n) is 2.04. The highest BCUT2D eigenvalue weighted by Crippen LogP contribution is 2.19. The zero-order valence-corrected chi connectivity index (χ0v) is 14.6. The normalized spacial score (nSPS) is 11.5. The fraction of sp³-hybridized carbons (Fsp3) is 0.333. The number of carbonyl (C=O) groups is 2. The van der Waals surface area contributed by atoms with Crippen molar-refractivity contribution < 1.29 is 14.3 Å². The summed E-state index contributed by atoms with van der Waals surface area (Å²) in [6.45, 7) is 5.95. The Kier molecular flexibility index (Phi) is 6.45. The number of hydrogen-bond donors (Lipinski definition) is 2. The maximum Gasteiger partial charge on any atom is 0.340 e. The standard InChI is InChI=1S/C18H22N4O3/c1-4-12(3)20-16(23)15-10-11-19-18(22-15)21-14-9-7-6-8-13(14)17(24)25-5-2/h6-12H,4-5H2,1-3H3,(H,20,23)(H,19,21,22). The van der Waals surface area contributed by atoms with E-state index in [9.17, 15) is 9.59 Å². The second kappa shape index (κ2) is 8.77. The lowest BCUT2D eigenvalue weighted by molar-refractivity contribution is 0.0527. The van der Waals surface area contributed by atoms with Crippen molar-refractivity contribution in [1.29, 1.82) is 0 Å². The lowest BCUT2D eigenvalue weighted by atomic mass is 10.2. The SMILES string of the molecule is CCOC(=O)c1ccccc1Nc1nccc(C(=O)NC(C)CC)n1. The Morgan fingerprint density at radius 1 is 1.20 bits per heavy atom. The number of amides is 1. The highest BCUT2D eigenvalue weighted by molar-refractivity contribution is 5.96. The number of hydrogen-bond acceptors (Lipinski definition) is 6. The minimum atomic E-state index is -0.434. The topological polar surface area (TPSA) is 93.2 Å². The zero-order chi connectivity index (χ0) is 18.2. The predicted molar refractivity (Wildman–Crippen MR) is 94.9 cm³/mol.